The molecule has 1 aliphatic heterocycles. The van der Waals surface area contributed by atoms with E-state index in [1.54, 1.807) is 25.1 Å². The van der Waals surface area contributed by atoms with Gasteiger partial charge in [0.25, 0.3) is 11.8 Å². The zero-order chi connectivity index (χ0) is 15.0. The molecule has 0 N–H and O–H groups in total. The second kappa shape index (κ2) is 5.01. The molecule has 0 fully saturated rings. The van der Waals surface area contributed by atoms with Crippen molar-refractivity contribution in [2.75, 3.05) is 13.2 Å². The summed E-state index contributed by atoms with van der Waals surface area (Å²) in [5, 5.41) is 1.61. The largest absolute Gasteiger partial charge is 0.465 e. The van der Waals surface area contributed by atoms with Crippen molar-refractivity contribution in [2.24, 2.45) is 0 Å². The van der Waals surface area contributed by atoms with Crippen LogP contribution in [0.15, 0.2) is 36.4 Å². The van der Waals surface area contributed by atoms with E-state index in [0.29, 0.717) is 11.1 Å². The maximum Gasteiger partial charge on any atom is 0.326 e. The van der Waals surface area contributed by atoms with Crippen LogP contribution in [0.25, 0.3) is 10.8 Å². The third-order valence-electron chi connectivity index (χ3n) is 3.46. The lowest BCUT2D eigenvalue weighted by molar-refractivity contribution is -0.143. The molecule has 2 aromatic carbocycles. The highest BCUT2D eigenvalue weighted by Gasteiger charge is 2.38. The van der Waals surface area contributed by atoms with Gasteiger partial charge in [-0.25, -0.2) is 0 Å². The SMILES string of the molecule is CCOC(=O)CN1C(=O)c2ccc3ccccc3c2C1=O. The Morgan fingerprint density at radius 2 is 1.86 bits per heavy atom. The van der Waals surface area contributed by atoms with Crippen LogP contribution >= 0.6 is 0 Å². The molecule has 5 heteroatoms. The summed E-state index contributed by atoms with van der Waals surface area (Å²) >= 11 is 0. The van der Waals surface area contributed by atoms with Crippen LogP contribution in [0.3, 0.4) is 0 Å². The lowest BCUT2D eigenvalue weighted by Crippen LogP contribution is -2.35. The molecule has 0 spiro atoms. The van der Waals surface area contributed by atoms with Gasteiger partial charge in [0.2, 0.25) is 0 Å². The fraction of sp³-hybridized carbons (Fsp3) is 0.188. The standard InChI is InChI=1S/C16H13NO4/c1-2-21-13(18)9-17-15(19)12-8-7-10-5-3-4-6-11(10)14(12)16(17)20/h3-8H,2,9H2,1H3. The summed E-state index contributed by atoms with van der Waals surface area (Å²) in [6.07, 6.45) is 0. The number of carbonyl (C=O) groups excluding carboxylic acids is 3. The first-order chi connectivity index (χ1) is 10.1. The minimum absolute atomic E-state index is 0.213. The Morgan fingerprint density at radius 3 is 2.62 bits per heavy atom. The van der Waals surface area contributed by atoms with Gasteiger partial charge in [0.05, 0.1) is 17.7 Å². The highest BCUT2D eigenvalue weighted by molar-refractivity contribution is 6.27. The first kappa shape index (κ1) is 13.3. The van der Waals surface area contributed by atoms with E-state index >= 15 is 0 Å². The summed E-state index contributed by atoms with van der Waals surface area (Å²) < 4.78 is 4.80. The lowest BCUT2D eigenvalue weighted by Gasteiger charge is -2.12. The van der Waals surface area contributed by atoms with Crippen molar-refractivity contribution in [1.29, 1.82) is 0 Å². The second-order valence-corrected chi connectivity index (χ2v) is 4.71. The van der Waals surface area contributed by atoms with E-state index in [4.69, 9.17) is 4.74 Å². The summed E-state index contributed by atoms with van der Waals surface area (Å²) in [5.41, 5.74) is 0.699. The molecule has 21 heavy (non-hydrogen) atoms. The van der Waals surface area contributed by atoms with E-state index in [1.165, 1.54) is 0 Å². The van der Waals surface area contributed by atoms with E-state index in [2.05, 4.69) is 0 Å². The highest BCUT2D eigenvalue weighted by Crippen LogP contribution is 2.30. The van der Waals surface area contributed by atoms with Gasteiger partial charge in [-0.1, -0.05) is 30.3 Å². The van der Waals surface area contributed by atoms with Crippen LogP contribution in [0, 0.1) is 0 Å². The van der Waals surface area contributed by atoms with E-state index in [1.807, 2.05) is 18.2 Å². The average molecular weight is 283 g/mol. The fourth-order valence-corrected chi connectivity index (χ4v) is 2.53. The smallest absolute Gasteiger partial charge is 0.326 e. The van der Waals surface area contributed by atoms with Crippen molar-refractivity contribution >= 4 is 28.6 Å². The molecule has 0 atom stereocenters. The fourth-order valence-electron chi connectivity index (χ4n) is 2.53. The molecular formula is C16H13NO4. The van der Waals surface area contributed by atoms with Crippen LogP contribution in [0.2, 0.25) is 0 Å². The number of amides is 2. The van der Waals surface area contributed by atoms with Crippen LogP contribution in [0.4, 0.5) is 0 Å². The minimum atomic E-state index is -0.587. The second-order valence-electron chi connectivity index (χ2n) is 4.71. The Kier molecular flexibility index (Phi) is 3.17. The number of carbonyl (C=O) groups is 3. The van der Waals surface area contributed by atoms with Crippen molar-refractivity contribution in [3.63, 3.8) is 0 Å². The number of fused-ring (bicyclic) bond motifs is 3. The highest BCUT2D eigenvalue weighted by atomic mass is 16.5. The molecule has 0 unspecified atom stereocenters. The molecule has 3 rings (SSSR count). The zero-order valence-corrected chi connectivity index (χ0v) is 11.5. The van der Waals surface area contributed by atoms with Gasteiger partial charge in [0, 0.05) is 0 Å². The molecule has 0 saturated heterocycles. The third kappa shape index (κ3) is 2.07. The maximum atomic E-state index is 12.5. The number of imide groups is 1. The molecule has 2 amide bonds. The number of ether oxygens (including phenoxy) is 1. The number of hydrogen-bond donors (Lipinski definition) is 0. The quantitative estimate of drug-likeness (QED) is 0.638. The van der Waals surface area contributed by atoms with Crippen molar-refractivity contribution in [1.82, 2.24) is 4.90 Å². The lowest BCUT2D eigenvalue weighted by atomic mass is 10.0. The summed E-state index contributed by atoms with van der Waals surface area (Å²) in [5.74, 6) is -1.48. The Balaban J connectivity index is 2.04. The number of benzene rings is 2. The molecular weight excluding hydrogens is 270 g/mol. The number of nitrogens with zero attached hydrogens (tertiary/aromatic N) is 1. The van der Waals surface area contributed by atoms with E-state index < -0.39 is 17.8 Å². The van der Waals surface area contributed by atoms with Gasteiger partial charge < -0.3 is 4.74 Å². The molecule has 0 radical (unpaired) electrons. The van der Waals surface area contributed by atoms with E-state index in [0.717, 1.165) is 15.7 Å². The van der Waals surface area contributed by atoms with Gasteiger partial charge in [0.1, 0.15) is 6.54 Å². The number of rotatable bonds is 3. The van der Waals surface area contributed by atoms with Gasteiger partial charge in [-0.3, -0.25) is 19.3 Å². The summed E-state index contributed by atoms with van der Waals surface area (Å²) in [7, 11) is 0. The molecule has 5 nitrogen and oxygen atoms in total. The molecule has 1 heterocycles. The van der Waals surface area contributed by atoms with Crippen LogP contribution in [0.5, 0.6) is 0 Å². The van der Waals surface area contributed by atoms with Gasteiger partial charge in [-0.05, 0) is 23.8 Å². The topological polar surface area (TPSA) is 63.7 Å². The van der Waals surface area contributed by atoms with E-state index in [-0.39, 0.29) is 13.2 Å². The van der Waals surface area contributed by atoms with Crippen molar-refractivity contribution in [3.05, 3.63) is 47.5 Å². The van der Waals surface area contributed by atoms with Crippen LogP contribution < -0.4 is 0 Å². The molecule has 2 aromatic rings. The first-order valence-electron chi connectivity index (χ1n) is 6.67. The van der Waals surface area contributed by atoms with E-state index in [9.17, 15) is 14.4 Å². The van der Waals surface area contributed by atoms with Gasteiger partial charge in [0.15, 0.2) is 0 Å². The zero-order valence-electron chi connectivity index (χ0n) is 11.5. The molecule has 0 saturated carbocycles. The van der Waals surface area contributed by atoms with Crippen molar-refractivity contribution < 1.29 is 19.1 Å². The monoisotopic (exact) mass is 283 g/mol. The van der Waals surface area contributed by atoms with Crippen molar-refractivity contribution in [2.45, 2.75) is 6.92 Å². The predicted octanol–water partition coefficient (Wildman–Crippen LogP) is 2.00. The molecule has 1 aliphatic rings. The average Bonchev–Trinajstić information content (AvgIpc) is 2.73. The van der Waals surface area contributed by atoms with Crippen LogP contribution in [0.1, 0.15) is 27.6 Å². The normalized spacial score (nSPS) is 13.7. The van der Waals surface area contributed by atoms with Crippen LogP contribution in [-0.2, 0) is 9.53 Å². The van der Waals surface area contributed by atoms with Gasteiger partial charge in [-0.2, -0.15) is 0 Å². The predicted molar refractivity (Wildman–Crippen MR) is 75.9 cm³/mol. The third-order valence-corrected chi connectivity index (χ3v) is 3.46. The molecule has 0 bridgehead atoms. The summed E-state index contributed by atoms with van der Waals surface area (Å²) in [4.78, 5) is 37.2. The number of hydrogen-bond acceptors (Lipinski definition) is 4. The van der Waals surface area contributed by atoms with Gasteiger partial charge in [-0.15, -0.1) is 0 Å². The van der Waals surface area contributed by atoms with Crippen LogP contribution in [-0.4, -0.2) is 35.8 Å². The Hall–Kier alpha value is -2.69. The molecule has 0 aliphatic carbocycles. The Labute approximate surface area is 121 Å². The molecule has 0 aromatic heterocycles. The number of esters is 1. The Bertz CT molecular complexity index is 766. The first-order valence-corrected chi connectivity index (χ1v) is 6.67. The Morgan fingerprint density at radius 1 is 1.10 bits per heavy atom. The van der Waals surface area contributed by atoms with Gasteiger partial charge >= 0.3 is 5.97 Å². The molecule has 106 valence electrons. The maximum absolute atomic E-state index is 12.5. The minimum Gasteiger partial charge on any atom is -0.465 e. The van der Waals surface area contributed by atoms with Crippen molar-refractivity contribution in [3.8, 4) is 0 Å². The summed E-state index contributed by atoms with van der Waals surface area (Å²) in [6, 6.07) is 10.8. The summed E-state index contributed by atoms with van der Waals surface area (Å²) in [6.45, 7) is 1.53.